The van der Waals surface area contributed by atoms with E-state index in [2.05, 4.69) is 5.16 Å². The Labute approximate surface area is 333 Å². The highest BCUT2D eigenvalue weighted by atomic mass is 16.7. The van der Waals surface area contributed by atoms with Crippen molar-refractivity contribution in [2.24, 2.45) is 28.8 Å². The van der Waals surface area contributed by atoms with Gasteiger partial charge in [0.15, 0.2) is 12.6 Å². The maximum atomic E-state index is 14.3. The number of ketones is 1. The molecule has 3 aliphatic heterocycles. The Bertz CT molecular complexity index is 1300. The summed E-state index contributed by atoms with van der Waals surface area (Å²) in [5.74, 6) is -4.78. The molecule has 0 aliphatic carbocycles. The zero-order chi connectivity index (χ0) is 42.5. The van der Waals surface area contributed by atoms with Crippen LogP contribution in [0.25, 0.3) is 0 Å². The lowest BCUT2D eigenvalue weighted by Crippen LogP contribution is -2.61. The Balaban J connectivity index is 2.30. The number of hydrogen-bond acceptors (Lipinski definition) is 16. The molecule has 16 nitrogen and oxygen atoms in total. The normalized spacial score (nSPS) is 46.4. The van der Waals surface area contributed by atoms with E-state index in [0.717, 1.165) is 0 Å². The van der Waals surface area contributed by atoms with Crippen molar-refractivity contribution in [1.82, 2.24) is 4.90 Å². The standard InChI is InChI=1S/C40H72N2O14/c1-15-28-40(10,48)33(45)23(4)30(43)21(2)19-39(9,51-17-16-41-50-14)35(56-37-31(44)27(42(11)12)18-22(3)52-37)24(5)32(25(6)36(47)54-28)55-29-20-38(8,49-13)34(46)26(7)53-29/h16,21-29,31-35,37,44-46,48H,15,17-20H2,1-14H3/b41-16+/t21-,22-,23+,24+,25-,26+,27+,28?,29+,31-,32?,33-,34+,35-,37+,38-,39-,40-/m1/s1. The van der Waals surface area contributed by atoms with Crippen molar-refractivity contribution in [3.63, 3.8) is 0 Å². The van der Waals surface area contributed by atoms with Crippen LogP contribution in [0.2, 0.25) is 0 Å². The average Bonchev–Trinajstić information content (AvgIpc) is 3.14. The summed E-state index contributed by atoms with van der Waals surface area (Å²) in [5, 5.41) is 49.8. The first kappa shape index (κ1) is 48.5. The lowest BCUT2D eigenvalue weighted by molar-refractivity contribution is -0.320. The Morgan fingerprint density at radius 1 is 0.911 bits per heavy atom. The molecule has 2 unspecified atom stereocenters. The number of cyclic esters (lactones) is 1. The third kappa shape index (κ3) is 10.9. The fourth-order valence-corrected chi connectivity index (χ4v) is 8.86. The van der Waals surface area contributed by atoms with Gasteiger partial charge in [-0.25, -0.2) is 0 Å². The van der Waals surface area contributed by atoms with E-state index in [0.29, 0.717) is 6.42 Å². The van der Waals surface area contributed by atoms with Crippen LogP contribution in [0.1, 0.15) is 94.9 Å². The molecule has 326 valence electrons. The molecule has 3 heterocycles. The van der Waals surface area contributed by atoms with Crippen LogP contribution in [0, 0.1) is 23.7 Å². The average molecular weight is 805 g/mol. The highest BCUT2D eigenvalue weighted by Crippen LogP contribution is 2.42. The van der Waals surface area contributed by atoms with Gasteiger partial charge in [0.1, 0.15) is 36.8 Å². The van der Waals surface area contributed by atoms with Crippen LogP contribution in [0.5, 0.6) is 0 Å². The number of Topliss-reactive ketones (excluding diaryl/α,β-unsaturated/α-hetero) is 1. The molecular formula is C40H72N2O14. The summed E-state index contributed by atoms with van der Waals surface area (Å²) in [4.78, 5) is 35.3. The van der Waals surface area contributed by atoms with E-state index in [9.17, 15) is 30.0 Å². The van der Waals surface area contributed by atoms with Gasteiger partial charge in [0.2, 0.25) is 0 Å². The number of esters is 1. The summed E-state index contributed by atoms with van der Waals surface area (Å²) >= 11 is 0. The minimum Gasteiger partial charge on any atom is -0.459 e. The zero-order valence-corrected chi connectivity index (χ0v) is 36.0. The topological polar surface area (TPSA) is 204 Å². The summed E-state index contributed by atoms with van der Waals surface area (Å²) in [7, 11) is 6.63. The molecule has 0 aromatic rings. The molecule has 0 bridgehead atoms. The van der Waals surface area contributed by atoms with Crippen molar-refractivity contribution in [1.29, 1.82) is 0 Å². The zero-order valence-electron chi connectivity index (χ0n) is 36.0. The van der Waals surface area contributed by atoms with Gasteiger partial charge in [0.05, 0.1) is 60.5 Å². The number of hydrogen-bond donors (Lipinski definition) is 4. The van der Waals surface area contributed by atoms with E-state index >= 15 is 0 Å². The van der Waals surface area contributed by atoms with Crippen molar-refractivity contribution in [3.05, 3.63) is 0 Å². The fourth-order valence-electron chi connectivity index (χ4n) is 8.86. The van der Waals surface area contributed by atoms with Gasteiger partial charge < -0.3 is 63.3 Å². The fraction of sp³-hybridized carbons (Fsp3) is 0.925. The predicted octanol–water partition coefficient (Wildman–Crippen LogP) is 2.44. The number of aliphatic hydroxyl groups is 4. The number of methoxy groups -OCH3 is 1. The molecule has 0 aromatic carbocycles. The number of oxime groups is 1. The van der Waals surface area contributed by atoms with Crippen LogP contribution in [0.15, 0.2) is 5.16 Å². The van der Waals surface area contributed by atoms with Crippen molar-refractivity contribution in [2.75, 3.05) is 34.9 Å². The highest BCUT2D eigenvalue weighted by Gasteiger charge is 2.54. The van der Waals surface area contributed by atoms with Gasteiger partial charge in [0.25, 0.3) is 0 Å². The van der Waals surface area contributed by atoms with Gasteiger partial charge in [-0.15, -0.1) is 0 Å². The first-order chi connectivity index (χ1) is 26.0. The lowest BCUT2D eigenvalue weighted by atomic mass is 9.73. The molecule has 0 amide bonds. The summed E-state index contributed by atoms with van der Waals surface area (Å²) in [5.41, 5.74) is -4.45. The Hall–Kier alpha value is -1.83. The Kier molecular flexibility index (Phi) is 17.3. The lowest BCUT2D eigenvalue weighted by Gasteiger charge is -2.50. The van der Waals surface area contributed by atoms with Crippen molar-refractivity contribution in [2.45, 2.75) is 179 Å². The van der Waals surface area contributed by atoms with Crippen LogP contribution in [0.3, 0.4) is 0 Å². The summed E-state index contributed by atoms with van der Waals surface area (Å²) in [6.45, 7) is 16.8. The number of carbonyl (C=O) groups is 2. The van der Waals surface area contributed by atoms with Crippen molar-refractivity contribution >= 4 is 18.0 Å². The molecule has 0 spiro atoms. The Morgan fingerprint density at radius 2 is 1.55 bits per heavy atom. The van der Waals surface area contributed by atoms with E-state index in [1.165, 1.54) is 34.3 Å². The third-order valence-corrected chi connectivity index (χ3v) is 12.5. The number of likely N-dealkylation sites (N-methyl/N-ethyl adjacent to an activating group) is 1. The van der Waals surface area contributed by atoms with Gasteiger partial charge in [-0.05, 0) is 74.9 Å². The minimum atomic E-state index is -2.00. The maximum absolute atomic E-state index is 14.3. The quantitative estimate of drug-likeness (QED) is 0.135. The van der Waals surface area contributed by atoms with Crippen molar-refractivity contribution < 1.29 is 68.0 Å². The number of rotatable bonds is 11. The highest BCUT2D eigenvalue weighted by molar-refractivity contribution is 5.83. The van der Waals surface area contributed by atoms with Crippen LogP contribution < -0.4 is 0 Å². The van der Waals surface area contributed by atoms with Crippen molar-refractivity contribution in [3.8, 4) is 0 Å². The summed E-state index contributed by atoms with van der Waals surface area (Å²) < 4.78 is 44.5. The maximum Gasteiger partial charge on any atom is 0.311 e. The smallest absolute Gasteiger partial charge is 0.311 e. The molecule has 3 aliphatic rings. The molecule has 3 fully saturated rings. The van der Waals surface area contributed by atoms with Gasteiger partial charge >= 0.3 is 5.97 Å². The van der Waals surface area contributed by atoms with Gasteiger partial charge in [-0.1, -0.05) is 32.9 Å². The largest absolute Gasteiger partial charge is 0.459 e. The van der Waals surface area contributed by atoms with Crippen LogP contribution in [0.4, 0.5) is 0 Å². The molecular weight excluding hydrogens is 732 g/mol. The van der Waals surface area contributed by atoms with E-state index in [1.54, 1.807) is 41.5 Å². The SMILES string of the molecule is CCC1OC(=O)[C@H](C)C(O[C@H]2C[C@@](C)(OC)[C@@H](O)[C@H](C)O2)[C@H](C)[C@@H](O[C@@H]2O[C@H](C)C[C@H](N(C)C)[C@H]2O)[C@](C)(OC/C=N/OC)C[C@@H](C)C(=O)[C@H](C)[C@@H](O)[C@]1(C)O. The van der Waals surface area contributed by atoms with E-state index in [-0.39, 0.29) is 43.8 Å². The first-order valence-electron chi connectivity index (χ1n) is 20.0. The molecule has 16 heteroatoms. The second-order valence-corrected chi connectivity index (χ2v) is 17.2. The second kappa shape index (κ2) is 19.9. The monoisotopic (exact) mass is 804 g/mol. The molecule has 0 radical (unpaired) electrons. The summed E-state index contributed by atoms with van der Waals surface area (Å²) in [6.07, 6.45) is -7.93. The van der Waals surface area contributed by atoms with Crippen LogP contribution >= 0.6 is 0 Å². The molecule has 3 rings (SSSR count). The molecule has 56 heavy (non-hydrogen) atoms. The van der Waals surface area contributed by atoms with Gasteiger partial charge in [0, 0.05) is 37.3 Å². The minimum absolute atomic E-state index is 0.0317. The van der Waals surface area contributed by atoms with E-state index in [4.69, 9.17) is 38.0 Å². The molecule has 0 aromatic heterocycles. The number of aliphatic hydroxyl groups excluding tert-OH is 3. The first-order valence-corrected chi connectivity index (χ1v) is 20.0. The molecule has 18 atom stereocenters. The molecule has 4 N–H and O–H groups in total. The third-order valence-electron chi connectivity index (χ3n) is 12.5. The predicted molar refractivity (Wildman–Crippen MR) is 205 cm³/mol. The van der Waals surface area contributed by atoms with Crippen LogP contribution in [-0.2, 0) is 47.6 Å². The van der Waals surface area contributed by atoms with Gasteiger partial charge in [-0.3, -0.25) is 9.59 Å². The summed E-state index contributed by atoms with van der Waals surface area (Å²) in [6, 6.07) is -0.323. The number of carbonyl (C=O) groups excluding carboxylic acids is 2. The number of ether oxygens (including phenoxy) is 7. The molecule has 3 saturated heterocycles. The molecule has 0 saturated carbocycles. The Morgan fingerprint density at radius 3 is 2.12 bits per heavy atom. The van der Waals surface area contributed by atoms with E-state index in [1.807, 2.05) is 32.8 Å². The van der Waals surface area contributed by atoms with Crippen LogP contribution in [-0.4, -0.2) is 162 Å². The number of nitrogens with zero attached hydrogens (tertiary/aromatic N) is 2. The van der Waals surface area contributed by atoms with E-state index < -0.39 is 102 Å². The second-order valence-electron chi connectivity index (χ2n) is 17.2. The van der Waals surface area contributed by atoms with Gasteiger partial charge in [-0.2, -0.15) is 0 Å².